The van der Waals surface area contributed by atoms with Gasteiger partial charge >= 0.3 is 5.95 Å². The quantitative estimate of drug-likeness (QED) is 0.470. The number of nitro groups is 1. The molecule has 0 aliphatic carbocycles. The van der Waals surface area contributed by atoms with Gasteiger partial charge in [0.25, 0.3) is 0 Å². The van der Waals surface area contributed by atoms with Gasteiger partial charge in [0.1, 0.15) is 24.8 Å². The summed E-state index contributed by atoms with van der Waals surface area (Å²) < 4.78 is 13.8. The molecule has 1 aromatic carbocycles. The predicted molar refractivity (Wildman–Crippen MR) is 59.6 cm³/mol. The van der Waals surface area contributed by atoms with Crippen LogP contribution in [0.25, 0.3) is 0 Å². The van der Waals surface area contributed by atoms with Crippen molar-refractivity contribution in [2.75, 3.05) is 0 Å². The average molecular weight is 249 g/mol. The number of rotatable bonds is 4. The standard InChI is InChI=1S/C11H8FN3O3/c12-9-3-1-8(2-4-9)10(16)7-14-6-5-13-11(14)15(17)18/h1-6H,7H2. The van der Waals surface area contributed by atoms with Gasteiger partial charge in [0.2, 0.25) is 0 Å². The zero-order valence-corrected chi connectivity index (χ0v) is 9.12. The maximum Gasteiger partial charge on any atom is 0.434 e. The number of halogens is 1. The molecule has 1 heterocycles. The molecule has 0 N–H and O–H groups in total. The number of benzene rings is 1. The molecule has 2 rings (SSSR count). The minimum Gasteiger partial charge on any atom is -0.390 e. The molecule has 0 spiro atoms. The van der Waals surface area contributed by atoms with Gasteiger partial charge in [0.15, 0.2) is 5.78 Å². The molecule has 0 aliphatic heterocycles. The number of carbonyl (C=O) groups excluding carboxylic acids is 1. The number of Topliss-reactive ketones (excluding diaryl/α,β-unsaturated/α-hetero) is 1. The molecule has 0 atom stereocenters. The van der Waals surface area contributed by atoms with Crippen molar-refractivity contribution in [3.63, 3.8) is 0 Å². The van der Waals surface area contributed by atoms with E-state index < -0.39 is 16.7 Å². The summed E-state index contributed by atoms with van der Waals surface area (Å²) in [7, 11) is 0. The van der Waals surface area contributed by atoms with Gasteiger partial charge in [-0.1, -0.05) is 4.98 Å². The van der Waals surface area contributed by atoms with E-state index in [1.807, 2.05) is 0 Å². The van der Waals surface area contributed by atoms with Gasteiger partial charge in [-0.25, -0.2) is 8.96 Å². The molecule has 7 heteroatoms. The van der Waals surface area contributed by atoms with E-state index in [-0.39, 0.29) is 12.3 Å². The number of hydrogen-bond donors (Lipinski definition) is 0. The summed E-state index contributed by atoms with van der Waals surface area (Å²) in [6.45, 7) is -0.206. The lowest BCUT2D eigenvalue weighted by atomic mass is 10.1. The van der Waals surface area contributed by atoms with Gasteiger partial charge in [-0.05, 0) is 29.2 Å². The summed E-state index contributed by atoms with van der Waals surface area (Å²) in [5.74, 6) is -1.19. The number of aromatic nitrogens is 2. The predicted octanol–water partition coefficient (Wildman–Crippen LogP) is 1.81. The van der Waals surface area contributed by atoms with Crippen molar-refractivity contribution in [3.05, 3.63) is 58.2 Å². The molecule has 0 bridgehead atoms. The highest BCUT2D eigenvalue weighted by Gasteiger charge is 2.17. The van der Waals surface area contributed by atoms with Crippen LogP contribution in [-0.2, 0) is 6.54 Å². The highest BCUT2D eigenvalue weighted by atomic mass is 19.1. The SMILES string of the molecule is O=C(Cn1ccnc1[N+](=O)[O-])c1ccc(F)cc1. The van der Waals surface area contributed by atoms with Crippen LogP contribution in [0.4, 0.5) is 10.3 Å². The number of imidazole rings is 1. The van der Waals surface area contributed by atoms with Crippen LogP contribution >= 0.6 is 0 Å². The van der Waals surface area contributed by atoms with Crippen molar-refractivity contribution < 1.29 is 14.1 Å². The fraction of sp³-hybridized carbons (Fsp3) is 0.0909. The third kappa shape index (κ3) is 2.40. The van der Waals surface area contributed by atoms with Gasteiger partial charge < -0.3 is 10.1 Å². The minimum absolute atomic E-state index is 0.206. The maximum atomic E-state index is 12.7. The lowest BCUT2D eigenvalue weighted by molar-refractivity contribution is -0.396. The number of nitrogens with zero attached hydrogens (tertiary/aromatic N) is 3. The molecule has 0 fully saturated rings. The largest absolute Gasteiger partial charge is 0.434 e. The highest BCUT2D eigenvalue weighted by molar-refractivity contribution is 5.95. The van der Waals surface area contributed by atoms with Crippen LogP contribution in [0.3, 0.4) is 0 Å². The third-order valence-electron chi connectivity index (χ3n) is 2.34. The molecular weight excluding hydrogens is 241 g/mol. The summed E-state index contributed by atoms with van der Waals surface area (Å²) in [4.78, 5) is 25.3. The Bertz CT molecular complexity index is 592. The van der Waals surface area contributed by atoms with Gasteiger partial charge in [-0.2, -0.15) is 0 Å². The van der Waals surface area contributed by atoms with E-state index in [1.54, 1.807) is 0 Å². The van der Waals surface area contributed by atoms with Crippen LogP contribution in [0.5, 0.6) is 0 Å². The van der Waals surface area contributed by atoms with Crippen LogP contribution in [-0.4, -0.2) is 20.3 Å². The van der Waals surface area contributed by atoms with Crippen molar-refractivity contribution in [2.45, 2.75) is 6.54 Å². The first kappa shape index (κ1) is 11.9. The smallest absolute Gasteiger partial charge is 0.390 e. The van der Waals surface area contributed by atoms with E-state index in [0.717, 1.165) is 16.7 Å². The van der Waals surface area contributed by atoms with Crippen LogP contribution in [0.1, 0.15) is 10.4 Å². The normalized spacial score (nSPS) is 10.3. The molecule has 1 aromatic heterocycles. The summed E-state index contributed by atoms with van der Waals surface area (Å²) in [5.41, 5.74) is 0.291. The van der Waals surface area contributed by atoms with Crippen molar-refractivity contribution in [1.82, 2.24) is 9.55 Å². The monoisotopic (exact) mass is 249 g/mol. The second-order valence-corrected chi connectivity index (χ2v) is 3.54. The lowest BCUT2D eigenvalue weighted by Crippen LogP contribution is -2.12. The fourth-order valence-electron chi connectivity index (χ4n) is 1.48. The molecule has 0 unspecified atom stereocenters. The second kappa shape index (κ2) is 4.74. The number of carbonyl (C=O) groups is 1. The molecule has 6 nitrogen and oxygen atoms in total. The Morgan fingerprint density at radius 2 is 2.06 bits per heavy atom. The van der Waals surface area contributed by atoms with E-state index in [1.165, 1.54) is 24.5 Å². The molecule has 0 saturated carbocycles. The van der Waals surface area contributed by atoms with E-state index in [9.17, 15) is 19.3 Å². The Hall–Kier alpha value is -2.57. The summed E-state index contributed by atoms with van der Waals surface area (Å²) >= 11 is 0. The summed E-state index contributed by atoms with van der Waals surface area (Å²) in [5, 5.41) is 10.6. The molecule has 0 radical (unpaired) electrons. The zero-order chi connectivity index (χ0) is 13.1. The number of ketones is 1. The van der Waals surface area contributed by atoms with Gasteiger partial charge in [-0.3, -0.25) is 4.79 Å². The van der Waals surface area contributed by atoms with Crippen LogP contribution in [0.2, 0.25) is 0 Å². The maximum absolute atomic E-state index is 12.7. The molecular formula is C11H8FN3O3. The van der Waals surface area contributed by atoms with Gasteiger partial charge in [0, 0.05) is 5.56 Å². The first-order chi connectivity index (χ1) is 8.58. The van der Waals surface area contributed by atoms with Gasteiger partial charge in [0.05, 0.1) is 0 Å². The first-order valence-electron chi connectivity index (χ1n) is 5.02. The highest BCUT2D eigenvalue weighted by Crippen LogP contribution is 2.10. The zero-order valence-electron chi connectivity index (χ0n) is 9.12. The Morgan fingerprint density at radius 3 is 2.67 bits per heavy atom. The number of hydrogen-bond acceptors (Lipinski definition) is 4. The fourth-order valence-corrected chi connectivity index (χ4v) is 1.48. The molecule has 0 amide bonds. The first-order valence-corrected chi connectivity index (χ1v) is 5.02. The Labute approximate surface area is 101 Å². The molecule has 18 heavy (non-hydrogen) atoms. The van der Waals surface area contributed by atoms with E-state index >= 15 is 0 Å². The van der Waals surface area contributed by atoms with E-state index in [2.05, 4.69) is 4.98 Å². The lowest BCUT2D eigenvalue weighted by Gasteiger charge is -2.01. The summed E-state index contributed by atoms with van der Waals surface area (Å²) in [6.07, 6.45) is 2.59. The van der Waals surface area contributed by atoms with Crippen molar-refractivity contribution >= 4 is 11.7 Å². The van der Waals surface area contributed by atoms with Crippen LogP contribution < -0.4 is 0 Å². The van der Waals surface area contributed by atoms with Crippen molar-refractivity contribution in [3.8, 4) is 0 Å². The molecule has 2 aromatic rings. The topological polar surface area (TPSA) is 78.0 Å². The van der Waals surface area contributed by atoms with Crippen molar-refractivity contribution in [1.29, 1.82) is 0 Å². The summed E-state index contributed by atoms with van der Waals surface area (Å²) in [6, 6.07) is 4.99. The Balaban J connectivity index is 2.19. The van der Waals surface area contributed by atoms with Crippen molar-refractivity contribution in [2.24, 2.45) is 0 Å². The molecule has 92 valence electrons. The van der Waals surface area contributed by atoms with Crippen LogP contribution in [0.15, 0.2) is 36.7 Å². The average Bonchev–Trinajstić information content (AvgIpc) is 2.78. The Morgan fingerprint density at radius 1 is 1.39 bits per heavy atom. The molecule has 0 aliphatic rings. The second-order valence-electron chi connectivity index (χ2n) is 3.54. The van der Waals surface area contributed by atoms with E-state index in [4.69, 9.17) is 0 Å². The van der Waals surface area contributed by atoms with E-state index in [0.29, 0.717) is 5.56 Å². The minimum atomic E-state index is -0.669. The van der Waals surface area contributed by atoms with Crippen LogP contribution in [0, 0.1) is 15.9 Å². The molecule has 0 saturated heterocycles. The van der Waals surface area contributed by atoms with Gasteiger partial charge in [-0.15, -0.1) is 0 Å². The Kier molecular flexibility index (Phi) is 3.13. The third-order valence-corrected chi connectivity index (χ3v) is 2.34.